The lowest BCUT2D eigenvalue weighted by Gasteiger charge is -2.17. The number of anilines is 2. The summed E-state index contributed by atoms with van der Waals surface area (Å²) < 4.78 is 11.7. The minimum Gasteiger partial charge on any atom is -0.493 e. The van der Waals surface area contributed by atoms with Crippen molar-refractivity contribution >= 4 is 35.0 Å². The van der Waals surface area contributed by atoms with Crippen molar-refractivity contribution in [2.75, 3.05) is 23.0 Å². The van der Waals surface area contributed by atoms with E-state index in [-0.39, 0.29) is 23.6 Å². The molecule has 4 aromatic rings. The van der Waals surface area contributed by atoms with Crippen LogP contribution in [0.3, 0.4) is 0 Å². The second kappa shape index (κ2) is 10.9. The number of fused-ring (bicyclic) bond motifs is 2. The summed E-state index contributed by atoms with van der Waals surface area (Å²) in [5, 5.41) is 0. The highest BCUT2D eigenvalue weighted by molar-refractivity contribution is 6.35. The van der Waals surface area contributed by atoms with Gasteiger partial charge in [-0.25, -0.2) is 9.80 Å². The molecule has 0 atom stereocenters. The predicted molar refractivity (Wildman–Crippen MR) is 163 cm³/mol. The maximum absolute atomic E-state index is 13.2. The van der Waals surface area contributed by atoms with E-state index in [1.165, 1.54) is 9.80 Å². The lowest BCUT2D eigenvalue weighted by atomic mass is 10.1. The summed E-state index contributed by atoms with van der Waals surface area (Å²) in [4.78, 5) is 54.9. The maximum Gasteiger partial charge on any atom is 0.266 e. The number of rotatable bonds is 8. The minimum atomic E-state index is -0.372. The van der Waals surface area contributed by atoms with Crippen molar-refractivity contribution in [3.8, 4) is 11.5 Å². The summed E-state index contributed by atoms with van der Waals surface area (Å²) in [7, 11) is 0. The number of carbonyl (C=O) groups is 4. The molecule has 0 bridgehead atoms. The monoisotopic (exact) mass is 574 g/mol. The van der Waals surface area contributed by atoms with Crippen LogP contribution in [0.1, 0.15) is 70.1 Å². The van der Waals surface area contributed by atoms with Gasteiger partial charge in [0.05, 0.1) is 46.8 Å². The molecule has 2 aliphatic rings. The highest BCUT2D eigenvalue weighted by Crippen LogP contribution is 2.35. The van der Waals surface area contributed by atoms with Crippen LogP contribution in [0.5, 0.6) is 11.5 Å². The normalized spacial score (nSPS) is 14.0. The molecule has 0 saturated carbocycles. The SMILES string of the molecule is Cc1cccc(N2C(=O)c3ccc(OCCCOc4ccc5c(c4)C(=O)N(c4cccc(C)c4C)C5=O)cc3C2=O)c1C. The quantitative estimate of drug-likeness (QED) is 0.179. The van der Waals surface area contributed by atoms with Gasteiger partial charge >= 0.3 is 0 Å². The Kier molecular flexibility index (Phi) is 7.05. The van der Waals surface area contributed by atoms with E-state index in [0.29, 0.717) is 64.8 Å². The van der Waals surface area contributed by atoms with E-state index < -0.39 is 0 Å². The van der Waals surface area contributed by atoms with Crippen molar-refractivity contribution in [3.05, 3.63) is 117 Å². The summed E-state index contributed by atoms with van der Waals surface area (Å²) in [6, 6.07) is 20.9. The first-order valence-corrected chi connectivity index (χ1v) is 14.1. The van der Waals surface area contributed by atoms with Crippen LogP contribution in [-0.2, 0) is 0 Å². The predicted octanol–water partition coefficient (Wildman–Crippen LogP) is 6.37. The van der Waals surface area contributed by atoms with Crippen molar-refractivity contribution in [1.82, 2.24) is 0 Å². The van der Waals surface area contributed by atoms with E-state index in [4.69, 9.17) is 9.47 Å². The van der Waals surface area contributed by atoms with E-state index in [1.807, 2.05) is 52.0 Å². The van der Waals surface area contributed by atoms with Crippen molar-refractivity contribution in [3.63, 3.8) is 0 Å². The van der Waals surface area contributed by atoms with Gasteiger partial charge in [-0.2, -0.15) is 0 Å². The second-order valence-corrected chi connectivity index (χ2v) is 10.8. The molecule has 216 valence electrons. The highest BCUT2D eigenvalue weighted by atomic mass is 16.5. The zero-order valence-electron chi connectivity index (χ0n) is 24.4. The number of carbonyl (C=O) groups excluding carboxylic acids is 4. The van der Waals surface area contributed by atoms with E-state index in [0.717, 1.165) is 22.3 Å². The molecular weight excluding hydrogens is 544 g/mol. The smallest absolute Gasteiger partial charge is 0.266 e. The Hall–Kier alpha value is -5.24. The van der Waals surface area contributed by atoms with E-state index in [9.17, 15) is 19.2 Å². The molecule has 4 amide bonds. The molecule has 2 aliphatic heterocycles. The summed E-state index contributed by atoms with van der Waals surface area (Å²) in [6.07, 6.45) is 0.525. The van der Waals surface area contributed by atoms with Gasteiger partial charge in [0.15, 0.2) is 0 Å². The molecule has 8 heteroatoms. The van der Waals surface area contributed by atoms with Gasteiger partial charge in [0, 0.05) is 6.42 Å². The van der Waals surface area contributed by atoms with Crippen LogP contribution in [0.25, 0.3) is 0 Å². The zero-order valence-corrected chi connectivity index (χ0v) is 24.4. The summed E-state index contributed by atoms with van der Waals surface area (Å²) in [5.74, 6) is -0.473. The molecule has 0 aromatic heterocycles. The second-order valence-electron chi connectivity index (χ2n) is 10.8. The average molecular weight is 575 g/mol. The van der Waals surface area contributed by atoms with E-state index in [2.05, 4.69) is 0 Å². The standard InChI is InChI=1S/C35H30N2O6/c1-20-8-5-10-30(22(20)3)36-32(38)26-14-12-24(18-28(26)34(36)40)42-16-7-17-43-25-13-15-27-29(19-25)35(41)37(33(27)39)31-11-6-9-21(2)23(31)4/h5-6,8-15,18-19H,7,16-17H2,1-4H3. The molecule has 0 saturated heterocycles. The van der Waals surface area contributed by atoms with E-state index in [1.54, 1.807) is 48.5 Å². The Morgan fingerprint density at radius 1 is 0.512 bits per heavy atom. The largest absolute Gasteiger partial charge is 0.493 e. The Morgan fingerprint density at radius 3 is 1.33 bits per heavy atom. The molecule has 4 aromatic carbocycles. The van der Waals surface area contributed by atoms with E-state index >= 15 is 0 Å². The molecule has 6 rings (SSSR count). The summed E-state index contributed by atoms with van der Waals surface area (Å²) >= 11 is 0. The van der Waals surface area contributed by atoms with Gasteiger partial charge < -0.3 is 9.47 Å². The topological polar surface area (TPSA) is 93.2 Å². The molecule has 0 spiro atoms. The van der Waals surface area contributed by atoms with Gasteiger partial charge in [0.25, 0.3) is 23.6 Å². The van der Waals surface area contributed by atoms with Gasteiger partial charge in [0.2, 0.25) is 0 Å². The highest BCUT2D eigenvalue weighted by Gasteiger charge is 2.39. The molecule has 8 nitrogen and oxygen atoms in total. The number of imide groups is 2. The molecule has 0 fully saturated rings. The molecule has 2 heterocycles. The van der Waals surface area contributed by atoms with Gasteiger partial charge in [0.1, 0.15) is 11.5 Å². The first kappa shape index (κ1) is 27.9. The van der Waals surface area contributed by atoms with Crippen LogP contribution >= 0.6 is 0 Å². The number of aryl methyl sites for hydroxylation is 2. The molecule has 0 aliphatic carbocycles. The first-order valence-electron chi connectivity index (χ1n) is 14.1. The fraction of sp³-hybridized carbons (Fsp3) is 0.200. The summed E-state index contributed by atoms with van der Waals surface area (Å²) in [5.41, 5.74) is 6.25. The third kappa shape index (κ3) is 4.74. The molecular formula is C35H30N2O6. The van der Waals surface area contributed by atoms with Crippen LogP contribution in [0.2, 0.25) is 0 Å². The zero-order chi connectivity index (χ0) is 30.4. The van der Waals surface area contributed by atoms with Crippen molar-refractivity contribution in [2.45, 2.75) is 34.1 Å². The lowest BCUT2D eigenvalue weighted by molar-refractivity contribution is 0.0910. The van der Waals surface area contributed by atoms with Crippen molar-refractivity contribution < 1.29 is 28.7 Å². The fourth-order valence-corrected chi connectivity index (χ4v) is 5.45. The number of benzene rings is 4. The van der Waals surface area contributed by atoms with Gasteiger partial charge in [-0.05, 0) is 98.5 Å². The Bertz CT molecular complexity index is 1710. The Morgan fingerprint density at radius 2 is 0.907 bits per heavy atom. The van der Waals surface area contributed by atoms with Gasteiger partial charge in [-0.15, -0.1) is 0 Å². The fourth-order valence-electron chi connectivity index (χ4n) is 5.45. The molecule has 0 radical (unpaired) electrons. The Labute approximate surface area is 249 Å². The minimum absolute atomic E-state index is 0.310. The molecule has 0 N–H and O–H groups in total. The molecule has 43 heavy (non-hydrogen) atoms. The van der Waals surface area contributed by atoms with Crippen molar-refractivity contribution in [2.24, 2.45) is 0 Å². The van der Waals surface area contributed by atoms with Crippen LogP contribution in [0, 0.1) is 27.7 Å². The lowest BCUT2D eigenvalue weighted by Crippen LogP contribution is -2.30. The van der Waals surface area contributed by atoms with Crippen LogP contribution in [-0.4, -0.2) is 36.8 Å². The third-order valence-corrected chi connectivity index (χ3v) is 8.18. The number of nitrogens with zero attached hydrogens (tertiary/aromatic N) is 2. The van der Waals surface area contributed by atoms with Crippen LogP contribution in [0.15, 0.2) is 72.8 Å². The number of ether oxygens (including phenoxy) is 2. The molecule has 0 unspecified atom stereocenters. The number of amides is 4. The van der Waals surface area contributed by atoms with Gasteiger partial charge in [-0.3, -0.25) is 19.2 Å². The van der Waals surface area contributed by atoms with Gasteiger partial charge in [-0.1, -0.05) is 24.3 Å². The summed E-state index contributed by atoms with van der Waals surface area (Å²) in [6.45, 7) is 8.30. The Balaban J connectivity index is 1.06. The maximum atomic E-state index is 13.2. The van der Waals surface area contributed by atoms with Crippen molar-refractivity contribution in [1.29, 1.82) is 0 Å². The number of hydrogen-bond donors (Lipinski definition) is 0. The average Bonchev–Trinajstić information content (AvgIpc) is 3.39. The van der Waals surface area contributed by atoms with Crippen LogP contribution in [0.4, 0.5) is 11.4 Å². The third-order valence-electron chi connectivity index (χ3n) is 8.18. The first-order chi connectivity index (χ1) is 20.7. The number of hydrogen-bond acceptors (Lipinski definition) is 6. The van der Waals surface area contributed by atoms with Crippen LogP contribution < -0.4 is 19.3 Å².